The summed E-state index contributed by atoms with van der Waals surface area (Å²) in [6.07, 6.45) is 3.98. The van der Waals surface area contributed by atoms with Crippen LogP contribution in [0.4, 0.5) is 0 Å². The number of carboxylic acids is 1. The molecule has 1 aliphatic heterocycles. The molecule has 1 aromatic heterocycles. The zero-order valence-electron chi connectivity index (χ0n) is 8.97. The molecule has 86 valence electrons. The minimum absolute atomic E-state index is 0.407. The van der Waals surface area contributed by atoms with Gasteiger partial charge in [-0.25, -0.2) is 0 Å². The first kappa shape index (κ1) is 11.0. The maximum Gasteiger partial charge on any atom is 0.325 e. The molecule has 0 bridgehead atoms. The lowest BCUT2D eigenvalue weighted by Crippen LogP contribution is -2.50. The van der Waals surface area contributed by atoms with Crippen molar-refractivity contribution >= 4 is 5.97 Å². The number of hydrogen-bond acceptors (Lipinski definition) is 4. The van der Waals surface area contributed by atoms with Crippen molar-refractivity contribution < 1.29 is 9.90 Å². The van der Waals surface area contributed by atoms with Crippen LogP contribution in [0.3, 0.4) is 0 Å². The Labute approximate surface area is 93.9 Å². The van der Waals surface area contributed by atoms with Crippen LogP contribution >= 0.6 is 0 Å². The van der Waals surface area contributed by atoms with Crippen molar-refractivity contribution in [1.82, 2.24) is 9.88 Å². The van der Waals surface area contributed by atoms with Crippen LogP contribution in [0, 0.1) is 0 Å². The number of aliphatic carboxylic acids is 1. The molecule has 0 spiro atoms. The van der Waals surface area contributed by atoms with Gasteiger partial charge < -0.3 is 10.8 Å². The number of hydrogen-bond donors (Lipinski definition) is 2. The Morgan fingerprint density at radius 2 is 2.25 bits per heavy atom. The summed E-state index contributed by atoms with van der Waals surface area (Å²) in [4.78, 5) is 17.0. The van der Waals surface area contributed by atoms with Crippen molar-refractivity contribution in [3.63, 3.8) is 0 Å². The third kappa shape index (κ3) is 2.20. The highest BCUT2D eigenvalue weighted by atomic mass is 16.4. The maximum absolute atomic E-state index is 11.0. The fourth-order valence-corrected chi connectivity index (χ4v) is 1.97. The highest BCUT2D eigenvalue weighted by Gasteiger charge is 2.40. The summed E-state index contributed by atoms with van der Waals surface area (Å²) >= 11 is 0. The highest BCUT2D eigenvalue weighted by Crippen LogP contribution is 2.20. The lowest BCUT2D eigenvalue weighted by molar-refractivity contribution is -0.142. The summed E-state index contributed by atoms with van der Waals surface area (Å²) in [5, 5.41) is 8.99. The van der Waals surface area contributed by atoms with Gasteiger partial charge >= 0.3 is 5.97 Å². The molecule has 0 radical (unpaired) electrons. The fourth-order valence-electron chi connectivity index (χ4n) is 1.97. The molecule has 1 fully saturated rings. The number of carboxylic acid groups (broad SMARTS) is 1. The molecule has 1 saturated heterocycles. The summed E-state index contributed by atoms with van der Waals surface area (Å²) in [6, 6.07) is 3.86. The van der Waals surface area contributed by atoms with Crippen molar-refractivity contribution in [2.75, 3.05) is 13.1 Å². The van der Waals surface area contributed by atoms with Crippen molar-refractivity contribution in [2.45, 2.75) is 18.5 Å². The molecule has 0 amide bonds. The van der Waals surface area contributed by atoms with E-state index in [0.717, 1.165) is 18.7 Å². The third-order valence-electron chi connectivity index (χ3n) is 2.96. The first-order chi connectivity index (χ1) is 7.60. The number of rotatable bonds is 3. The minimum Gasteiger partial charge on any atom is -0.480 e. The van der Waals surface area contributed by atoms with E-state index in [2.05, 4.69) is 9.88 Å². The second kappa shape index (κ2) is 4.19. The summed E-state index contributed by atoms with van der Waals surface area (Å²) < 4.78 is 0. The van der Waals surface area contributed by atoms with E-state index in [1.807, 2.05) is 12.1 Å². The molecular weight excluding hydrogens is 206 g/mol. The molecule has 0 aliphatic carbocycles. The molecule has 2 rings (SSSR count). The van der Waals surface area contributed by atoms with Gasteiger partial charge in [-0.15, -0.1) is 0 Å². The van der Waals surface area contributed by atoms with E-state index in [1.165, 1.54) is 0 Å². The molecule has 16 heavy (non-hydrogen) atoms. The van der Waals surface area contributed by atoms with Crippen LogP contribution in [-0.4, -0.2) is 39.6 Å². The third-order valence-corrected chi connectivity index (χ3v) is 2.96. The van der Waals surface area contributed by atoms with Crippen LogP contribution in [0.25, 0.3) is 0 Å². The molecule has 5 heteroatoms. The van der Waals surface area contributed by atoms with Gasteiger partial charge in [0, 0.05) is 32.0 Å². The van der Waals surface area contributed by atoms with Crippen molar-refractivity contribution in [2.24, 2.45) is 5.73 Å². The van der Waals surface area contributed by atoms with E-state index in [4.69, 9.17) is 10.8 Å². The number of likely N-dealkylation sites (tertiary alicyclic amines) is 1. The van der Waals surface area contributed by atoms with Gasteiger partial charge in [0.2, 0.25) is 0 Å². The van der Waals surface area contributed by atoms with Crippen LogP contribution in [0.15, 0.2) is 24.5 Å². The number of carbonyl (C=O) groups is 1. The Balaban J connectivity index is 1.98. The monoisotopic (exact) mass is 221 g/mol. The Hall–Kier alpha value is -1.46. The van der Waals surface area contributed by atoms with Crippen LogP contribution in [-0.2, 0) is 11.3 Å². The largest absolute Gasteiger partial charge is 0.480 e. The van der Waals surface area contributed by atoms with E-state index in [-0.39, 0.29) is 0 Å². The van der Waals surface area contributed by atoms with Gasteiger partial charge in [-0.05, 0) is 24.1 Å². The first-order valence-corrected chi connectivity index (χ1v) is 5.24. The summed E-state index contributed by atoms with van der Waals surface area (Å²) in [5.74, 6) is -0.912. The van der Waals surface area contributed by atoms with Gasteiger partial charge in [-0.1, -0.05) is 0 Å². The Bertz CT molecular complexity index is 382. The van der Waals surface area contributed by atoms with Crippen LogP contribution in [0.5, 0.6) is 0 Å². The normalized spacial score (nSPS) is 25.8. The van der Waals surface area contributed by atoms with Crippen LogP contribution in [0.2, 0.25) is 0 Å². The molecular formula is C11H15N3O2. The molecule has 0 aromatic carbocycles. The van der Waals surface area contributed by atoms with E-state index in [0.29, 0.717) is 13.0 Å². The van der Waals surface area contributed by atoms with Crippen LogP contribution in [0.1, 0.15) is 12.0 Å². The summed E-state index contributed by atoms with van der Waals surface area (Å²) in [5.41, 5.74) is 5.85. The average molecular weight is 221 g/mol. The Morgan fingerprint density at radius 1 is 1.56 bits per heavy atom. The Morgan fingerprint density at radius 3 is 2.81 bits per heavy atom. The van der Waals surface area contributed by atoms with E-state index in [1.54, 1.807) is 12.4 Å². The van der Waals surface area contributed by atoms with Gasteiger partial charge in [-0.3, -0.25) is 14.7 Å². The smallest absolute Gasteiger partial charge is 0.325 e. The number of pyridine rings is 1. The predicted molar refractivity (Wildman–Crippen MR) is 58.7 cm³/mol. The fraction of sp³-hybridized carbons (Fsp3) is 0.455. The predicted octanol–water partition coefficient (Wildman–Crippen LogP) is 0.0694. The molecule has 1 aliphatic rings. The van der Waals surface area contributed by atoms with Gasteiger partial charge in [0.25, 0.3) is 0 Å². The standard InChI is InChI=1S/C11H15N3O2/c12-11(10(15)16)3-6-14(8-11)7-9-1-4-13-5-2-9/h1-2,4-5H,3,6-8,12H2,(H,15,16). The second-order valence-electron chi connectivity index (χ2n) is 4.28. The van der Waals surface area contributed by atoms with E-state index in [9.17, 15) is 4.79 Å². The maximum atomic E-state index is 11.0. The van der Waals surface area contributed by atoms with E-state index < -0.39 is 11.5 Å². The van der Waals surface area contributed by atoms with E-state index >= 15 is 0 Å². The molecule has 1 aromatic rings. The molecule has 1 unspecified atom stereocenters. The number of nitrogens with two attached hydrogens (primary N) is 1. The lowest BCUT2D eigenvalue weighted by atomic mass is 10.0. The quantitative estimate of drug-likeness (QED) is 0.755. The summed E-state index contributed by atoms with van der Waals surface area (Å²) in [7, 11) is 0. The second-order valence-corrected chi connectivity index (χ2v) is 4.28. The molecule has 5 nitrogen and oxygen atoms in total. The molecule has 3 N–H and O–H groups in total. The summed E-state index contributed by atoms with van der Waals surface area (Å²) in [6.45, 7) is 1.87. The first-order valence-electron chi connectivity index (χ1n) is 5.24. The van der Waals surface area contributed by atoms with Gasteiger partial charge in [0.1, 0.15) is 5.54 Å². The average Bonchev–Trinajstić information content (AvgIpc) is 2.63. The van der Waals surface area contributed by atoms with Gasteiger partial charge in [0.05, 0.1) is 0 Å². The number of nitrogens with zero attached hydrogens (tertiary/aromatic N) is 2. The SMILES string of the molecule is NC1(C(=O)O)CCN(Cc2ccncc2)C1. The van der Waals surface area contributed by atoms with Crippen molar-refractivity contribution in [3.8, 4) is 0 Å². The van der Waals surface area contributed by atoms with Crippen LogP contribution < -0.4 is 5.73 Å². The Kier molecular flexibility index (Phi) is 2.89. The molecule has 1 atom stereocenters. The minimum atomic E-state index is -1.08. The zero-order chi connectivity index (χ0) is 11.6. The number of aromatic nitrogens is 1. The highest BCUT2D eigenvalue weighted by molar-refractivity contribution is 5.79. The molecule has 2 heterocycles. The van der Waals surface area contributed by atoms with Crippen molar-refractivity contribution in [3.05, 3.63) is 30.1 Å². The topological polar surface area (TPSA) is 79.5 Å². The lowest BCUT2D eigenvalue weighted by Gasteiger charge is -2.19. The van der Waals surface area contributed by atoms with Crippen molar-refractivity contribution in [1.29, 1.82) is 0 Å². The zero-order valence-corrected chi connectivity index (χ0v) is 8.97. The van der Waals surface area contributed by atoms with Gasteiger partial charge in [-0.2, -0.15) is 0 Å². The van der Waals surface area contributed by atoms with Gasteiger partial charge in [0.15, 0.2) is 0 Å². The molecule has 0 saturated carbocycles.